The van der Waals surface area contributed by atoms with Crippen molar-refractivity contribution in [3.63, 3.8) is 0 Å². The molecule has 0 aromatic carbocycles. The Morgan fingerprint density at radius 3 is 0.714 bits per heavy atom. The van der Waals surface area contributed by atoms with Gasteiger partial charge in [-0.2, -0.15) is 0 Å². The molecule has 0 saturated heterocycles. The SMILES string of the molecule is CC(=O)[O-].CC(=O)[O-].CC(=O)[O-].O.[Yb+3]. The molecule has 8 heteroatoms. The summed E-state index contributed by atoms with van der Waals surface area (Å²) in [6, 6.07) is 0. The number of aliphatic carboxylic acids is 3. The second-order valence-corrected chi connectivity index (χ2v) is 1.47. The Balaban J connectivity index is -0.0000000270. The van der Waals surface area contributed by atoms with E-state index in [4.69, 9.17) is 29.7 Å². The van der Waals surface area contributed by atoms with Crippen LogP contribution in [0.15, 0.2) is 0 Å². The summed E-state index contributed by atoms with van der Waals surface area (Å²) >= 11 is 0. The number of carboxylic acid groups (broad SMARTS) is 3. The Labute approximate surface area is 120 Å². The fourth-order valence-electron chi connectivity index (χ4n) is 0. The zero-order valence-electron chi connectivity index (χ0n) is 7.72. The Bertz CT molecular complexity index is 116. The molecule has 0 atom stereocenters. The van der Waals surface area contributed by atoms with Gasteiger partial charge in [-0.25, -0.2) is 0 Å². The number of hydrogen-bond acceptors (Lipinski definition) is 6. The first-order valence-corrected chi connectivity index (χ1v) is 2.72. The van der Waals surface area contributed by atoms with Gasteiger partial charge in [0, 0.05) is 17.9 Å². The van der Waals surface area contributed by atoms with E-state index >= 15 is 0 Å². The predicted octanol–water partition coefficient (Wildman–Crippen LogP) is -4.56. The van der Waals surface area contributed by atoms with E-state index in [1.807, 2.05) is 0 Å². The zero-order valence-corrected chi connectivity index (χ0v) is 9.43. The monoisotopic (exact) mass is 369 g/mol. The van der Waals surface area contributed by atoms with Crippen LogP contribution in [-0.2, 0) is 14.4 Å². The van der Waals surface area contributed by atoms with E-state index in [0.717, 1.165) is 20.8 Å². The van der Waals surface area contributed by atoms with Crippen molar-refractivity contribution in [3.8, 4) is 0 Å². The van der Waals surface area contributed by atoms with Gasteiger partial charge in [0.2, 0.25) is 0 Å². The van der Waals surface area contributed by atoms with Crippen molar-refractivity contribution in [1.29, 1.82) is 0 Å². The Kier molecular flexibility index (Phi) is 48.1. The van der Waals surface area contributed by atoms with E-state index in [1.54, 1.807) is 0 Å². The molecule has 0 heterocycles. The molecule has 14 heavy (non-hydrogen) atoms. The average Bonchev–Trinajstić information content (AvgIpc) is 1.54. The minimum Gasteiger partial charge on any atom is -0.550 e. The maximum absolute atomic E-state index is 8.89. The molecule has 0 aliphatic carbocycles. The third-order valence-corrected chi connectivity index (χ3v) is 0. The molecule has 0 aliphatic heterocycles. The molecule has 0 rings (SSSR count). The van der Waals surface area contributed by atoms with Crippen molar-refractivity contribution in [2.45, 2.75) is 20.8 Å². The van der Waals surface area contributed by atoms with Crippen molar-refractivity contribution in [3.05, 3.63) is 0 Å². The van der Waals surface area contributed by atoms with Gasteiger partial charge in [-0.05, 0) is 20.8 Å². The molecule has 1 radical (unpaired) electrons. The van der Waals surface area contributed by atoms with Crippen LogP contribution in [0.4, 0.5) is 0 Å². The first-order chi connectivity index (χ1) is 5.20. The average molecular weight is 368 g/mol. The van der Waals surface area contributed by atoms with Crippen LogP contribution in [0, 0.1) is 46.9 Å². The van der Waals surface area contributed by atoms with Crippen LogP contribution in [0.3, 0.4) is 0 Å². The standard InChI is InChI=1S/3C2H4O2.H2O.Yb/c3*1-2(3)4;;/h3*1H3,(H,3,4);1H2;/q;;;;+3/p-3. The minimum absolute atomic E-state index is 0. The maximum atomic E-state index is 8.89. The van der Waals surface area contributed by atoms with Gasteiger partial charge in [0.1, 0.15) is 0 Å². The Morgan fingerprint density at radius 1 is 0.714 bits per heavy atom. The fraction of sp³-hybridized carbons (Fsp3) is 0.500. The molecule has 0 unspecified atom stereocenters. The molecule has 0 spiro atoms. The van der Waals surface area contributed by atoms with Crippen molar-refractivity contribution in [1.82, 2.24) is 0 Å². The summed E-state index contributed by atoms with van der Waals surface area (Å²) in [5, 5.41) is 26.7. The molecule has 0 aromatic rings. The third kappa shape index (κ3) is 115000. The van der Waals surface area contributed by atoms with Crippen LogP contribution in [0.2, 0.25) is 0 Å². The molecule has 0 aliphatic rings. The quantitative estimate of drug-likeness (QED) is 0.420. The van der Waals surface area contributed by atoms with Crippen molar-refractivity contribution >= 4 is 17.9 Å². The van der Waals surface area contributed by atoms with Gasteiger partial charge >= 0.3 is 46.9 Å². The smallest absolute Gasteiger partial charge is 0.550 e. The van der Waals surface area contributed by atoms with Gasteiger partial charge in [-0.15, -0.1) is 0 Å². The van der Waals surface area contributed by atoms with E-state index < -0.39 is 17.9 Å². The van der Waals surface area contributed by atoms with Crippen LogP contribution in [0.25, 0.3) is 0 Å². The van der Waals surface area contributed by atoms with Crippen LogP contribution >= 0.6 is 0 Å². The number of carbonyl (C=O) groups is 3. The van der Waals surface area contributed by atoms with Crippen LogP contribution in [0.1, 0.15) is 20.8 Å². The van der Waals surface area contributed by atoms with E-state index in [9.17, 15) is 0 Å². The molecule has 0 fully saturated rings. The number of carboxylic acids is 3. The molecule has 0 saturated carbocycles. The van der Waals surface area contributed by atoms with E-state index in [1.165, 1.54) is 0 Å². The summed E-state index contributed by atoms with van der Waals surface area (Å²) in [5.74, 6) is -3.25. The topological polar surface area (TPSA) is 152 Å². The summed E-state index contributed by atoms with van der Waals surface area (Å²) in [5.41, 5.74) is 0. The summed E-state index contributed by atoms with van der Waals surface area (Å²) in [4.78, 5) is 26.7. The normalized spacial score (nSPS) is 5.36. The Morgan fingerprint density at radius 2 is 0.714 bits per heavy atom. The molecule has 0 bridgehead atoms. The van der Waals surface area contributed by atoms with Gasteiger partial charge in [0.15, 0.2) is 0 Å². The van der Waals surface area contributed by atoms with E-state index in [-0.39, 0.29) is 52.4 Å². The van der Waals surface area contributed by atoms with Gasteiger partial charge in [0.05, 0.1) is 0 Å². The number of hydrogen-bond donors (Lipinski definition) is 0. The third-order valence-electron chi connectivity index (χ3n) is 0. The molecule has 7 nitrogen and oxygen atoms in total. The molecular formula is C6H11O7Yb. The van der Waals surface area contributed by atoms with Gasteiger partial charge in [-0.3, -0.25) is 0 Å². The summed E-state index contributed by atoms with van der Waals surface area (Å²) in [6.45, 7) is 2.92. The predicted molar refractivity (Wildman–Crippen MR) is 35.7 cm³/mol. The van der Waals surface area contributed by atoms with Gasteiger partial charge in [0.25, 0.3) is 0 Å². The van der Waals surface area contributed by atoms with E-state index in [0.29, 0.717) is 0 Å². The molecule has 0 amide bonds. The second-order valence-electron chi connectivity index (χ2n) is 1.47. The molecule has 91 valence electrons. The fourth-order valence-corrected chi connectivity index (χ4v) is 0. The summed E-state index contributed by atoms with van der Waals surface area (Å²) in [6.07, 6.45) is 0. The van der Waals surface area contributed by atoms with Crippen LogP contribution in [0.5, 0.6) is 0 Å². The first-order valence-electron chi connectivity index (χ1n) is 2.72. The second kappa shape index (κ2) is 23.1. The Hall–Kier alpha value is -0.111. The van der Waals surface area contributed by atoms with Crippen molar-refractivity contribution < 1.29 is 82.1 Å². The largest absolute Gasteiger partial charge is 3.00 e. The van der Waals surface area contributed by atoms with Crippen LogP contribution < -0.4 is 15.3 Å². The first kappa shape index (κ1) is 29.2. The molecule has 0 aromatic heterocycles. The van der Waals surface area contributed by atoms with E-state index in [2.05, 4.69) is 0 Å². The zero-order chi connectivity index (χ0) is 10.7. The minimum atomic E-state index is -1.08. The van der Waals surface area contributed by atoms with Crippen molar-refractivity contribution in [2.75, 3.05) is 0 Å². The van der Waals surface area contributed by atoms with Gasteiger partial charge in [-0.1, -0.05) is 0 Å². The van der Waals surface area contributed by atoms with Crippen LogP contribution in [-0.4, -0.2) is 23.4 Å². The number of carbonyl (C=O) groups excluding carboxylic acids is 3. The van der Waals surface area contributed by atoms with Crippen molar-refractivity contribution in [2.24, 2.45) is 0 Å². The maximum Gasteiger partial charge on any atom is 3.00 e. The van der Waals surface area contributed by atoms with Gasteiger partial charge < -0.3 is 35.2 Å². The summed E-state index contributed by atoms with van der Waals surface area (Å²) < 4.78 is 0. The molecular weight excluding hydrogens is 357 g/mol. The number of rotatable bonds is 0. The summed E-state index contributed by atoms with van der Waals surface area (Å²) in [7, 11) is 0. The molecule has 2 N–H and O–H groups in total.